The number of tetrazole rings is 1. The maximum atomic E-state index is 4.42. The number of aromatic nitrogens is 6. The SMILES string of the molecule is CCn1nnc(-c2cnn(-c3ccc(C)cc3)c2I)n1. The summed E-state index contributed by atoms with van der Waals surface area (Å²) in [6, 6.07) is 8.23. The zero-order chi connectivity index (χ0) is 14.1. The van der Waals surface area contributed by atoms with Crippen molar-refractivity contribution in [2.45, 2.75) is 20.4 Å². The van der Waals surface area contributed by atoms with Crippen LogP contribution in [0.5, 0.6) is 0 Å². The molecule has 0 spiro atoms. The van der Waals surface area contributed by atoms with Gasteiger partial charge in [0.1, 0.15) is 3.70 Å². The lowest BCUT2D eigenvalue weighted by Gasteiger charge is -2.03. The van der Waals surface area contributed by atoms with E-state index >= 15 is 0 Å². The van der Waals surface area contributed by atoms with Crippen molar-refractivity contribution >= 4 is 22.6 Å². The van der Waals surface area contributed by atoms with Crippen LogP contribution in [0.3, 0.4) is 0 Å². The molecule has 2 aromatic heterocycles. The zero-order valence-corrected chi connectivity index (χ0v) is 13.3. The first-order valence-corrected chi connectivity index (χ1v) is 7.35. The molecule has 0 fully saturated rings. The topological polar surface area (TPSA) is 61.4 Å². The Balaban J connectivity index is 2.02. The van der Waals surface area contributed by atoms with E-state index in [4.69, 9.17) is 0 Å². The van der Waals surface area contributed by atoms with Gasteiger partial charge in [-0.15, -0.1) is 10.2 Å². The highest BCUT2D eigenvalue weighted by Gasteiger charge is 2.15. The molecule has 0 unspecified atom stereocenters. The zero-order valence-electron chi connectivity index (χ0n) is 11.2. The van der Waals surface area contributed by atoms with Gasteiger partial charge in [-0.1, -0.05) is 17.7 Å². The van der Waals surface area contributed by atoms with Crippen molar-refractivity contribution in [3.63, 3.8) is 0 Å². The average Bonchev–Trinajstić information content (AvgIpc) is 3.06. The molecule has 0 aliphatic carbocycles. The van der Waals surface area contributed by atoms with E-state index in [9.17, 15) is 0 Å². The Bertz CT molecular complexity index is 728. The van der Waals surface area contributed by atoms with E-state index in [1.165, 1.54) is 5.56 Å². The first-order chi connectivity index (χ1) is 9.69. The predicted molar refractivity (Wildman–Crippen MR) is 83.5 cm³/mol. The minimum atomic E-state index is 0.606. The molecule has 102 valence electrons. The number of nitrogens with zero attached hydrogens (tertiary/aromatic N) is 6. The quantitative estimate of drug-likeness (QED) is 0.655. The summed E-state index contributed by atoms with van der Waals surface area (Å²) < 4.78 is 2.85. The van der Waals surface area contributed by atoms with Crippen LogP contribution in [0.15, 0.2) is 30.5 Å². The molecule has 20 heavy (non-hydrogen) atoms. The molecule has 0 aliphatic rings. The van der Waals surface area contributed by atoms with E-state index in [0.717, 1.165) is 15.0 Å². The van der Waals surface area contributed by atoms with Crippen molar-refractivity contribution in [3.8, 4) is 17.1 Å². The molecule has 0 amide bonds. The lowest BCUT2D eigenvalue weighted by molar-refractivity contribution is 0.552. The Morgan fingerprint density at radius 2 is 1.95 bits per heavy atom. The maximum Gasteiger partial charge on any atom is 0.209 e. The van der Waals surface area contributed by atoms with Crippen molar-refractivity contribution in [1.82, 2.24) is 30.0 Å². The Morgan fingerprint density at radius 3 is 2.60 bits per heavy atom. The number of hydrogen-bond acceptors (Lipinski definition) is 4. The van der Waals surface area contributed by atoms with Crippen molar-refractivity contribution in [2.24, 2.45) is 0 Å². The molecule has 0 bridgehead atoms. The molecule has 0 atom stereocenters. The third-order valence-electron chi connectivity index (χ3n) is 2.97. The highest BCUT2D eigenvalue weighted by Crippen LogP contribution is 2.24. The second kappa shape index (κ2) is 5.31. The number of benzene rings is 1. The lowest BCUT2D eigenvalue weighted by Crippen LogP contribution is -1.99. The van der Waals surface area contributed by atoms with Gasteiger partial charge in [-0.3, -0.25) is 0 Å². The normalized spacial score (nSPS) is 10.9. The molecular formula is C13H13IN6. The molecule has 1 aromatic carbocycles. The fourth-order valence-corrected chi connectivity index (χ4v) is 2.62. The summed E-state index contributed by atoms with van der Waals surface area (Å²) in [6.07, 6.45) is 1.78. The van der Waals surface area contributed by atoms with E-state index in [2.05, 4.69) is 62.2 Å². The van der Waals surface area contributed by atoms with Gasteiger partial charge in [0.15, 0.2) is 0 Å². The summed E-state index contributed by atoms with van der Waals surface area (Å²) >= 11 is 2.26. The molecule has 3 aromatic rings. The third-order valence-corrected chi connectivity index (χ3v) is 4.00. The van der Waals surface area contributed by atoms with Crippen LogP contribution < -0.4 is 0 Å². The monoisotopic (exact) mass is 380 g/mol. The summed E-state index contributed by atoms with van der Waals surface area (Å²) in [5, 5.41) is 16.8. The number of aryl methyl sites for hydroxylation is 2. The fourth-order valence-electron chi connectivity index (χ4n) is 1.83. The second-order valence-corrected chi connectivity index (χ2v) is 5.42. The first-order valence-electron chi connectivity index (χ1n) is 6.27. The molecule has 7 heteroatoms. The Hall–Kier alpha value is -1.77. The van der Waals surface area contributed by atoms with Crippen LogP contribution in [0.4, 0.5) is 0 Å². The minimum absolute atomic E-state index is 0.606. The van der Waals surface area contributed by atoms with Gasteiger partial charge in [0.05, 0.1) is 24.0 Å². The molecule has 0 aliphatic heterocycles. The van der Waals surface area contributed by atoms with Crippen molar-refractivity contribution in [3.05, 3.63) is 39.7 Å². The standard InChI is InChI=1S/C13H13IN6/c1-3-19-17-13(16-18-19)11-8-15-20(12(11)14)10-6-4-9(2)5-7-10/h4-8H,3H2,1-2H3. The van der Waals surface area contributed by atoms with Crippen LogP contribution in [-0.2, 0) is 6.54 Å². The van der Waals surface area contributed by atoms with Gasteiger partial charge in [0.25, 0.3) is 0 Å². The Morgan fingerprint density at radius 1 is 1.20 bits per heavy atom. The molecule has 2 heterocycles. The smallest absolute Gasteiger partial charge is 0.209 e. The summed E-state index contributed by atoms with van der Waals surface area (Å²) in [5.74, 6) is 0.606. The van der Waals surface area contributed by atoms with Gasteiger partial charge in [-0.05, 0) is 53.8 Å². The molecular weight excluding hydrogens is 367 g/mol. The molecule has 3 rings (SSSR count). The van der Waals surface area contributed by atoms with Gasteiger partial charge in [-0.25, -0.2) is 4.68 Å². The van der Waals surface area contributed by atoms with Crippen molar-refractivity contribution < 1.29 is 0 Å². The van der Waals surface area contributed by atoms with Crippen molar-refractivity contribution in [2.75, 3.05) is 0 Å². The van der Waals surface area contributed by atoms with E-state index in [1.807, 2.05) is 23.7 Å². The maximum absolute atomic E-state index is 4.42. The lowest BCUT2D eigenvalue weighted by atomic mass is 10.2. The van der Waals surface area contributed by atoms with Gasteiger partial charge < -0.3 is 0 Å². The van der Waals surface area contributed by atoms with Crippen LogP contribution in [0.1, 0.15) is 12.5 Å². The summed E-state index contributed by atoms with van der Waals surface area (Å²) in [5.41, 5.74) is 3.14. The van der Waals surface area contributed by atoms with Gasteiger partial charge in [0, 0.05) is 0 Å². The fraction of sp³-hybridized carbons (Fsp3) is 0.231. The molecule has 0 saturated carbocycles. The molecule has 0 N–H and O–H groups in total. The Labute approximate surface area is 129 Å². The third kappa shape index (κ3) is 2.33. The van der Waals surface area contributed by atoms with Crippen LogP contribution in [-0.4, -0.2) is 30.0 Å². The van der Waals surface area contributed by atoms with Crippen LogP contribution in [0.2, 0.25) is 0 Å². The largest absolute Gasteiger partial charge is 0.227 e. The van der Waals surface area contributed by atoms with E-state index in [-0.39, 0.29) is 0 Å². The molecule has 0 saturated heterocycles. The highest BCUT2D eigenvalue weighted by atomic mass is 127. The van der Waals surface area contributed by atoms with E-state index in [1.54, 1.807) is 11.0 Å². The van der Waals surface area contributed by atoms with E-state index in [0.29, 0.717) is 12.4 Å². The minimum Gasteiger partial charge on any atom is -0.227 e. The predicted octanol–water partition coefficient (Wildman–Crippen LogP) is 2.46. The summed E-state index contributed by atoms with van der Waals surface area (Å²) in [4.78, 5) is 1.56. The van der Waals surface area contributed by atoms with Crippen LogP contribution in [0, 0.1) is 10.6 Å². The number of hydrogen-bond donors (Lipinski definition) is 0. The second-order valence-electron chi connectivity index (χ2n) is 4.40. The number of rotatable bonds is 3. The summed E-state index contributed by atoms with van der Waals surface area (Å²) in [6.45, 7) is 4.75. The molecule has 0 radical (unpaired) electrons. The van der Waals surface area contributed by atoms with Crippen LogP contribution in [0.25, 0.3) is 17.1 Å². The van der Waals surface area contributed by atoms with Gasteiger partial charge >= 0.3 is 0 Å². The van der Waals surface area contributed by atoms with Crippen molar-refractivity contribution in [1.29, 1.82) is 0 Å². The van der Waals surface area contributed by atoms with Gasteiger partial charge in [0.2, 0.25) is 5.82 Å². The first kappa shape index (κ1) is 13.2. The average molecular weight is 380 g/mol. The Kier molecular flexibility index (Phi) is 3.51. The van der Waals surface area contributed by atoms with E-state index < -0.39 is 0 Å². The summed E-state index contributed by atoms with van der Waals surface area (Å²) in [7, 11) is 0. The highest BCUT2D eigenvalue weighted by molar-refractivity contribution is 14.1. The number of halogens is 1. The molecule has 6 nitrogen and oxygen atoms in total. The van der Waals surface area contributed by atoms with Crippen LogP contribution >= 0.6 is 22.6 Å². The van der Waals surface area contributed by atoms with Gasteiger partial charge in [-0.2, -0.15) is 9.90 Å².